The van der Waals surface area contributed by atoms with E-state index in [-0.39, 0.29) is 11.6 Å². The largest absolute Gasteiger partial charge is 0.497 e. The predicted molar refractivity (Wildman–Crippen MR) is 114 cm³/mol. The summed E-state index contributed by atoms with van der Waals surface area (Å²) in [6.07, 6.45) is 8.75. The van der Waals surface area contributed by atoms with Crippen molar-refractivity contribution in [2.75, 3.05) is 14.2 Å². The number of benzene rings is 1. The van der Waals surface area contributed by atoms with Crippen LogP contribution in [0.3, 0.4) is 0 Å². The second kappa shape index (κ2) is 7.48. The van der Waals surface area contributed by atoms with E-state index < -0.39 is 11.4 Å². The Morgan fingerprint density at radius 1 is 1.33 bits per heavy atom. The summed E-state index contributed by atoms with van der Waals surface area (Å²) >= 11 is 0. The van der Waals surface area contributed by atoms with Gasteiger partial charge in [0.2, 0.25) is 0 Å². The van der Waals surface area contributed by atoms with Crippen LogP contribution in [0.2, 0.25) is 0 Å². The van der Waals surface area contributed by atoms with Crippen LogP contribution < -0.4 is 15.0 Å². The number of ether oxygens (including phenoxy) is 2. The molecule has 0 saturated heterocycles. The molecule has 4 rings (SSSR count). The fourth-order valence-corrected chi connectivity index (χ4v) is 4.07. The summed E-state index contributed by atoms with van der Waals surface area (Å²) in [7, 11) is 3.20. The first-order valence-corrected chi connectivity index (χ1v) is 9.93. The molecule has 0 bridgehead atoms. The minimum atomic E-state index is -0.965. The molecule has 2 atom stereocenters. The first-order valence-electron chi connectivity index (χ1n) is 9.93. The molecule has 1 aromatic carbocycles. The normalized spacial score (nSPS) is 21.2. The lowest BCUT2D eigenvalue weighted by Crippen LogP contribution is -2.32. The van der Waals surface area contributed by atoms with E-state index in [1.165, 1.54) is 0 Å². The zero-order valence-corrected chi connectivity index (χ0v) is 17.2. The van der Waals surface area contributed by atoms with E-state index in [0.717, 1.165) is 12.0 Å². The highest BCUT2D eigenvalue weighted by Gasteiger charge is 2.62. The van der Waals surface area contributed by atoms with Gasteiger partial charge in [-0.25, -0.2) is 4.98 Å². The molecule has 1 aliphatic carbocycles. The highest BCUT2D eigenvalue weighted by molar-refractivity contribution is 5.84. The van der Waals surface area contributed by atoms with Crippen molar-refractivity contribution in [2.45, 2.75) is 32.2 Å². The molecule has 0 radical (unpaired) electrons. The van der Waals surface area contributed by atoms with Gasteiger partial charge in [0.25, 0.3) is 5.56 Å². The Kier molecular flexibility index (Phi) is 4.97. The molecule has 2 heterocycles. The molecule has 30 heavy (non-hydrogen) atoms. The maximum atomic E-state index is 13.3. The van der Waals surface area contributed by atoms with Gasteiger partial charge in [0.05, 0.1) is 26.0 Å². The van der Waals surface area contributed by atoms with Crippen molar-refractivity contribution >= 4 is 24.2 Å². The lowest BCUT2D eigenvalue weighted by atomic mass is 10.0. The van der Waals surface area contributed by atoms with Crippen molar-refractivity contribution in [3.05, 3.63) is 57.3 Å². The van der Waals surface area contributed by atoms with E-state index in [1.807, 2.05) is 37.3 Å². The van der Waals surface area contributed by atoms with E-state index in [0.29, 0.717) is 41.4 Å². The third kappa shape index (κ3) is 3.10. The Morgan fingerprint density at radius 3 is 2.80 bits per heavy atom. The molecule has 7 heteroatoms. The van der Waals surface area contributed by atoms with E-state index >= 15 is 0 Å². The summed E-state index contributed by atoms with van der Waals surface area (Å²) in [6.45, 7) is 2.00. The van der Waals surface area contributed by atoms with Crippen molar-refractivity contribution in [2.24, 2.45) is 5.41 Å². The lowest BCUT2D eigenvalue weighted by molar-refractivity contribution is -0.141. The fourth-order valence-electron chi connectivity index (χ4n) is 4.07. The second-order valence-corrected chi connectivity index (χ2v) is 7.60. The number of methoxy groups -OCH3 is 2. The Bertz CT molecular complexity index is 1130. The number of rotatable bonds is 7. The summed E-state index contributed by atoms with van der Waals surface area (Å²) in [5.41, 5.74) is 0.873. The summed E-state index contributed by atoms with van der Waals surface area (Å²) in [6, 6.07) is 5.13. The van der Waals surface area contributed by atoms with Gasteiger partial charge in [-0.3, -0.25) is 14.2 Å². The van der Waals surface area contributed by atoms with Crippen molar-refractivity contribution < 1.29 is 19.4 Å². The molecular formula is C23H24N2O5. The molecule has 1 saturated carbocycles. The Morgan fingerprint density at radius 2 is 2.13 bits per heavy atom. The van der Waals surface area contributed by atoms with Gasteiger partial charge in [0, 0.05) is 11.1 Å². The van der Waals surface area contributed by atoms with Crippen LogP contribution in [0.1, 0.15) is 48.5 Å². The second-order valence-electron chi connectivity index (χ2n) is 7.60. The van der Waals surface area contributed by atoms with Crippen LogP contribution in [0.15, 0.2) is 29.1 Å². The van der Waals surface area contributed by atoms with Crippen LogP contribution in [0, 0.1) is 5.41 Å². The van der Waals surface area contributed by atoms with Crippen LogP contribution in [0.5, 0.6) is 11.5 Å². The van der Waals surface area contributed by atoms with E-state index in [2.05, 4.69) is 0 Å². The zero-order chi connectivity index (χ0) is 21.5. The van der Waals surface area contributed by atoms with Crippen molar-refractivity contribution in [1.82, 2.24) is 9.55 Å². The molecule has 1 aliphatic heterocycles. The molecular weight excluding hydrogens is 384 g/mol. The van der Waals surface area contributed by atoms with Crippen molar-refractivity contribution in [3.8, 4) is 11.5 Å². The average molecular weight is 408 g/mol. The number of aromatic nitrogens is 2. The van der Waals surface area contributed by atoms with Gasteiger partial charge in [0.1, 0.15) is 22.7 Å². The molecule has 2 unspecified atom stereocenters. The topological polar surface area (TPSA) is 90.7 Å². The van der Waals surface area contributed by atoms with Crippen molar-refractivity contribution in [3.63, 3.8) is 0 Å². The fraction of sp³-hybridized carbons (Fsp3) is 0.348. The van der Waals surface area contributed by atoms with E-state index in [1.54, 1.807) is 30.9 Å². The van der Waals surface area contributed by atoms with Crippen LogP contribution in [-0.4, -0.2) is 34.8 Å². The van der Waals surface area contributed by atoms with Gasteiger partial charge in [-0.15, -0.1) is 0 Å². The molecule has 2 aliphatic rings. The number of fused-ring (bicyclic) bond motifs is 3. The Labute approximate surface area is 174 Å². The molecule has 1 fully saturated rings. The number of carboxylic acid groups (broad SMARTS) is 1. The summed E-state index contributed by atoms with van der Waals surface area (Å²) < 4.78 is 12.3. The monoisotopic (exact) mass is 408 g/mol. The Balaban J connectivity index is 1.79. The molecule has 2 aromatic rings. The summed E-state index contributed by atoms with van der Waals surface area (Å²) in [4.78, 5) is 29.6. The molecule has 1 N–H and O–H groups in total. The van der Waals surface area contributed by atoms with Crippen LogP contribution in [0.4, 0.5) is 0 Å². The number of hydrogen-bond donors (Lipinski definition) is 1. The van der Waals surface area contributed by atoms with Gasteiger partial charge < -0.3 is 14.6 Å². The first-order chi connectivity index (χ1) is 14.4. The number of aliphatic carboxylic acids is 1. The molecule has 7 nitrogen and oxygen atoms in total. The maximum absolute atomic E-state index is 13.3. The van der Waals surface area contributed by atoms with E-state index in [9.17, 15) is 14.7 Å². The standard InChI is InChI=1S/C23H24N2O5/c1-4-5-16-17(8-6-14-12-15(29-2)7-9-18(14)30-3)24-20-10-11-23(22(27)28)13-19(23)25(20)21(16)26/h6-12,19H,4-5,13H2,1-3H3,(H,27,28). The van der Waals surface area contributed by atoms with Crippen LogP contribution in [-0.2, 0) is 11.2 Å². The third-order valence-corrected chi connectivity index (χ3v) is 5.83. The first kappa shape index (κ1) is 19.9. The highest BCUT2D eigenvalue weighted by atomic mass is 16.5. The number of carboxylic acids is 1. The van der Waals surface area contributed by atoms with Gasteiger partial charge in [-0.1, -0.05) is 19.4 Å². The zero-order valence-electron chi connectivity index (χ0n) is 17.2. The smallest absolute Gasteiger partial charge is 0.315 e. The average Bonchev–Trinajstić information content (AvgIpc) is 3.50. The molecule has 1 aromatic heterocycles. The highest BCUT2D eigenvalue weighted by Crippen LogP contribution is 2.59. The Hall–Kier alpha value is -3.35. The molecule has 156 valence electrons. The number of hydrogen-bond acceptors (Lipinski definition) is 5. The van der Waals surface area contributed by atoms with Gasteiger partial charge in [0.15, 0.2) is 0 Å². The molecule has 0 spiro atoms. The van der Waals surface area contributed by atoms with E-state index in [4.69, 9.17) is 14.5 Å². The maximum Gasteiger partial charge on any atom is 0.315 e. The summed E-state index contributed by atoms with van der Waals surface area (Å²) in [5, 5.41) is 9.57. The van der Waals surface area contributed by atoms with Gasteiger partial charge in [-0.05, 0) is 49.3 Å². The number of nitrogens with zero attached hydrogens (tertiary/aromatic N) is 2. The minimum absolute atomic E-state index is 0.156. The van der Waals surface area contributed by atoms with Gasteiger partial charge >= 0.3 is 5.97 Å². The summed E-state index contributed by atoms with van der Waals surface area (Å²) in [5.74, 6) is 0.983. The SMILES string of the molecule is CCCc1c(C=Cc2cc(OC)ccc2OC)nc2n(c1=O)C1CC1(C(=O)O)C=C2. The third-order valence-electron chi connectivity index (χ3n) is 5.83. The lowest BCUT2D eigenvalue weighted by Gasteiger charge is -2.19. The molecule has 0 amide bonds. The predicted octanol–water partition coefficient (Wildman–Crippen LogP) is 3.43. The van der Waals surface area contributed by atoms with Crippen molar-refractivity contribution in [1.29, 1.82) is 0 Å². The quantitative estimate of drug-likeness (QED) is 0.755. The van der Waals surface area contributed by atoms with Crippen LogP contribution in [0.25, 0.3) is 18.2 Å². The van der Waals surface area contributed by atoms with Gasteiger partial charge in [-0.2, -0.15) is 0 Å². The minimum Gasteiger partial charge on any atom is -0.497 e. The van der Waals surface area contributed by atoms with Crippen LogP contribution >= 0.6 is 0 Å². The number of carbonyl (C=O) groups is 1.